The van der Waals surface area contributed by atoms with Crippen LogP contribution in [0.5, 0.6) is 0 Å². The van der Waals surface area contributed by atoms with Crippen LogP contribution in [0.2, 0.25) is 5.02 Å². The van der Waals surface area contributed by atoms with Crippen LogP contribution in [0.15, 0.2) is 67.0 Å². The Morgan fingerprint density at radius 2 is 1.77 bits per heavy atom. The van der Waals surface area contributed by atoms with Crippen molar-refractivity contribution in [1.82, 2.24) is 15.3 Å². The maximum absolute atomic E-state index is 14.4. The van der Waals surface area contributed by atoms with E-state index in [9.17, 15) is 27.6 Å². The number of nitrogens with zero attached hydrogens (tertiary/aromatic N) is 4. The number of benzene rings is 2. The van der Waals surface area contributed by atoms with Gasteiger partial charge in [0.15, 0.2) is 0 Å². The Morgan fingerprint density at radius 1 is 1.07 bits per heavy atom. The van der Waals surface area contributed by atoms with Crippen molar-refractivity contribution in [2.45, 2.75) is 49.7 Å². The lowest BCUT2D eigenvalue weighted by Crippen LogP contribution is -2.56. The third-order valence-electron chi connectivity index (χ3n) is 6.73. The molecule has 1 unspecified atom stereocenters. The van der Waals surface area contributed by atoms with Gasteiger partial charge in [-0.25, -0.2) is 23.1 Å². The van der Waals surface area contributed by atoms with Crippen LogP contribution in [0.4, 0.5) is 24.8 Å². The van der Waals surface area contributed by atoms with Crippen molar-refractivity contribution >= 4 is 54.5 Å². The third kappa shape index (κ3) is 5.92. The molecule has 1 saturated carbocycles. The molecule has 2 fully saturated rings. The van der Waals surface area contributed by atoms with Crippen molar-refractivity contribution in [1.29, 1.82) is 0 Å². The molecule has 1 aliphatic heterocycles. The van der Waals surface area contributed by atoms with Gasteiger partial charge in [0.25, 0.3) is 11.8 Å². The van der Waals surface area contributed by atoms with Gasteiger partial charge in [0, 0.05) is 54.0 Å². The van der Waals surface area contributed by atoms with Crippen molar-refractivity contribution in [2.24, 2.45) is 0 Å². The average Bonchev–Trinajstić information content (AvgIpc) is 3.28. The van der Waals surface area contributed by atoms with Gasteiger partial charge in [-0.1, -0.05) is 35.9 Å². The maximum Gasteiger partial charge on any atom is 0.252 e. The van der Waals surface area contributed by atoms with E-state index in [1.807, 2.05) is 0 Å². The van der Waals surface area contributed by atoms with E-state index in [2.05, 4.69) is 15.3 Å². The van der Waals surface area contributed by atoms with E-state index < -0.39 is 60.4 Å². The Hall–Kier alpha value is -3.64. The summed E-state index contributed by atoms with van der Waals surface area (Å²) in [4.78, 5) is 51.3. The van der Waals surface area contributed by atoms with E-state index >= 15 is 0 Å². The largest absolute Gasteiger partial charge is 0.351 e. The number of carbonyl (C=O) groups is 3. The van der Waals surface area contributed by atoms with E-state index in [1.165, 1.54) is 42.7 Å². The molecule has 1 saturated heterocycles. The predicted octanol–water partition coefficient (Wildman–Crippen LogP) is 4.57. The molecule has 2 atom stereocenters. The van der Waals surface area contributed by atoms with Gasteiger partial charge < -0.3 is 5.32 Å². The lowest BCUT2D eigenvalue weighted by molar-refractivity contribution is -0.133. The van der Waals surface area contributed by atoms with Gasteiger partial charge in [-0.05, 0) is 36.8 Å². The Bertz CT molecular complexity index is 1410. The maximum atomic E-state index is 14.4. The Kier molecular flexibility index (Phi) is 8.69. The second-order valence-corrected chi connectivity index (χ2v) is 9.86. The molecule has 3 aromatic rings. The summed E-state index contributed by atoms with van der Waals surface area (Å²) in [7, 11) is 0. The first-order valence-electron chi connectivity index (χ1n) is 12.2. The number of amides is 3. The van der Waals surface area contributed by atoms with Crippen molar-refractivity contribution in [3.8, 4) is 0 Å². The van der Waals surface area contributed by atoms with Crippen LogP contribution in [0.1, 0.15) is 37.3 Å². The summed E-state index contributed by atoms with van der Waals surface area (Å²) >= 11 is 6.47. The average molecular weight is 592 g/mol. The molecular weight excluding hydrogens is 567 g/mol. The zero-order valence-electron chi connectivity index (χ0n) is 20.9. The van der Waals surface area contributed by atoms with Crippen LogP contribution < -0.4 is 15.1 Å². The molecule has 0 radical (unpaired) electrons. The van der Waals surface area contributed by atoms with Crippen LogP contribution in [-0.4, -0.2) is 45.7 Å². The van der Waals surface area contributed by atoms with E-state index in [4.69, 9.17) is 11.6 Å². The molecule has 2 aromatic carbocycles. The summed E-state index contributed by atoms with van der Waals surface area (Å²) in [5.74, 6) is -5.43. The van der Waals surface area contributed by atoms with Crippen LogP contribution in [-0.2, 0) is 14.4 Å². The molecule has 2 aliphatic rings. The fourth-order valence-electron chi connectivity index (χ4n) is 4.91. The highest BCUT2D eigenvalue weighted by Gasteiger charge is 2.48. The van der Waals surface area contributed by atoms with E-state index in [-0.39, 0.29) is 48.6 Å². The first-order chi connectivity index (χ1) is 18.6. The zero-order valence-corrected chi connectivity index (χ0v) is 22.7. The number of carbonyl (C=O) groups excluding carboxylic acids is 3. The highest BCUT2D eigenvalue weighted by molar-refractivity contribution is 7.59. The molecule has 1 aromatic heterocycles. The number of alkyl halides is 2. The van der Waals surface area contributed by atoms with Gasteiger partial charge in [-0.2, -0.15) is 13.5 Å². The molecule has 2 heterocycles. The summed E-state index contributed by atoms with van der Waals surface area (Å²) < 4.78 is 41.5. The molecule has 8 nitrogen and oxygen atoms in total. The lowest BCUT2D eigenvalue weighted by atomic mass is 9.87. The van der Waals surface area contributed by atoms with Gasteiger partial charge >= 0.3 is 0 Å². The van der Waals surface area contributed by atoms with Gasteiger partial charge in [-0.3, -0.25) is 24.2 Å². The van der Waals surface area contributed by atoms with Crippen LogP contribution in [0.25, 0.3) is 0 Å². The van der Waals surface area contributed by atoms with Crippen molar-refractivity contribution in [3.05, 3.63) is 83.4 Å². The SMILES string of the molecule is O=C(NC1CC(F)(F)C1)C(c1ccccc1Cl)N(C(=O)[C@@H]1CCC(=O)N1c1ncccn1)c1cccc(F)c1.S. The van der Waals surface area contributed by atoms with Gasteiger partial charge in [0.05, 0.1) is 0 Å². The highest BCUT2D eigenvalue weighted by atomic mass is 35.5. The quantitative estimate of drug-likeness (QED) is 0.434. The number of hydrogen-bond acceptors (Lipinski definition) is 5. The molecule has 13 heteroatoms. The molecule has 0 spiro atoms. The fraction of sp³-hybridized carbons (Fsp3) is 0.296. The first kappa shape index (κ1) is 29.3. The summed E-state index contributed by atoms with van der Waals surface area (Å²) in [5.41, 5.74) is 0.222. The van der Waals surface area contributed by atoms with E-state index in [0.29, 0.717) is 0 Å². The van der Waals surface area contributed by atoms with Crippen molar-refractivity contribution < 1.29 is 27.6 Å². The van der Waals surface area contributed by atoms with Crippen LogP contribution in [0, 0.1) is 5.82 Å². The van der Waals surface area contributed by atoms with Gasteiger partial charge in [-0.15, -0.1) is 0 Å². The number of anilines is 2. The fourth-order valence-corrected chi connectivity index (χ4v) is 5.15. The molecular formula is C27H25ClF3N5O3S. The Morgan fingerprint density at radius 3 is 2.42 bits per heavy atom. The van der Waals surface area contributed by atoms with Gasteiger partial charge in [0.1, 0.15) is 17.9 Å². The van der Waals surface area contributed by atoms with Crippen molar-refractivity contribution in [2.75, 3.05) is 9.80 Å². The highest BCUT2D eigenvalue weighted by Crippen LogP contribution is 2.39. The number of halogens is 4. The molecule has 210 valence electrons. The summed E-state index contributed by atoms with van der Waals surface area (Å²) in [6, 6.07) is 9.51. The van der Waals surface area contributed by atoms with Crippen molar-refractivity contribution in [3.63, 3.8) is 0 Å². The lowest BCUT2D eigenvalue weighted by Gasteiger charge is -2.39. The Labute approximate surface area is 240 Å². The minimum Gasteiger partial charge on any atom is -0.351 e. The summed E-state index contributed by atoms with van der Waals surface area (Å²) in [6.07, 6.45) is 1.87. The second-order valence-electron chi connectivity index (χ2n) is 9.45. The van der Waals surface area contributed by atoms with Gasteiger partial charge in [0.2, 0.25) is 17.8 Å². The van der Waals surface area contributed by atoms with Crippen LogP contribution >= 0.6 is 25.1 Å². The number of aromatic nitrogens is 2. The number of rotatable bonds is 7. The van der Waals surface area contributed by atoms with Crippen LogP contribution in [0.3, 0.4) is 0 Å². The predicted molar refractivity (Wildman–Crippen MR) is 147 cm³/mol. The third-order valence-corrected chi connectivity index (χ3v) is 7.08. The van der Waals surface area contributed by atoms with E-state index in [1.54, 1.807) is 18.2 Å². The zero-order chi connectivity index (χ0) is 27.7. The monoisotopic (exact) mass is 591 g/mol. The molecule has 1 N–H and O–H groups in total. The molecule has 40 heavy (non-hydrogen) atoms. The first-order valence-corrected chi connectivity index (χ1v) is 12.6. The second kappa shape index (κ2) is 11.8. The topological polar surface area (TPSA) is 95.5 Å². The molecule has 3 amide bonds. The minimum atomic E-state index is -2.89. The molecule has 5 rings (SSSR count). The normalized spacial score (nSPS) is 18.9. The van der Waals surface area contributed by atoms with E-state index in [0.717, 1.165) is 15.9 Å². The standard InChI is InChI=1S/C27H23ClF3N5O3.H2S/c28-20-8-2-1-7-19(20)23(24(38)34-17-14-27(30,31)15-17)35(18-6-3-5-16(29)13-18)25(39)21-9-10-22(37)36(21)26-32-11-4-12-33-26;/h1-8,11-13,17,21,23H,9-10,14-15H2,(H,34,38);1H2/t21-,23?;/m0./s1. The summed E-state index contributed by atoms with van der Waals surface area (Å²) in [6.45, 7) is 0. The molecule has 0 bridgehead atoms. The minimum absolute atomic E-state index is 0. The summed E-state index contributed by atoms with van der Waals surface area (Å²) in [5, 5.41) is 2.73. The molecule has 1 aliphatic carbocycles. The number of hydrogen-bond donors (Lipinski definition) is 1. The smallest absolute Gasteiger partial charge is 0.252 e. The number of nitrogens with one attached hydrogen (secondary N) is 1. The Balaban J connectivity index is 0.00000370.